The third-order valence-electron chi connectivity index (χ3n) is 4.10. The second-order valence-electron chi connectivity index (χ2n) is 5.19. The number of fused-ring (bicyclic) bond motifs is 2. The van der Waals surface area contributed by atoms with E-state index in [0.29, 0.717) is 18.4 Å². The third-order valence-corrected chi connectivity index (χ3v) is 4.10. The number of allylic oxidation sites excluding steroid dienone is 6. The van der Waals surface area contributed by atoms with Crippen LogP contribution < -0.4 is 40.0 Å². The van der Waals surface area contributed by atoms with E-state index in [1.165, 1.54) is 11.3 Å². The van der Waals surface area contributed by atoms with Crippen LogP contribution in [0.5, 0.6) is 0 Å². The van der Waals surface area contributed by atoms with Crippen LogP contribution >= 0.6 is 0 Å². The van der Waals surface area contributed by atoms with Gasteiger partial charge in [0.05, 0.1) is 0 Å². The molecule has 0 aromatic rings. The molecule has 1 saturated heterocycles. The van der Waals surface area contributed by atoms with Gasteiger partial charge >= 0.3 is 29.6 Å². The van der Waals surface area contributed by atoms with Crippen molar-refractivity contribution in [3.63, 3.8) is 0 Å². The minimum atomic E-state index is -0.915. The molecule has 0 spiro atoms. The van der Waals surface area contributed by atoms with Crippen molar-refractivity contribution in [3.8, 4) is 0 Å². The van der Waals surface area contributed by atoms with Gasteiger partial charge in [0.25, 0.3) is 0 Å². The number of rotatable bonds is 1. The van der Waals surface area contributed by atoms with Crippen LogP contribution in [0.3, 0.4) is 0 Å². The molecule has 0 radical (unpaired) electrons. The van der Waals surface area contributed by atoms with Crippen molar-refractivity contribution in [1.82, 2.24) is 5.32 Å². The zero-order valence-corrected chi connectivity index (χ0v) is 12.7. The molecule has 4 heteroatoms. The fraction of sp³-hybridized carbons (Fsp3) is 0.500. The topological polar surface area (TPSA) is 52.2 Å². The molecule has 0 saturated carbocycles. The van der Waals surface area contributed by atoms with Gasteiger partial charge in [0, 0.05) is 24.1 Å². The Morgan fingerprint density at radius 3 is 2.94 bits per heavy atom. The van der Waals surface area contributed by atoms with Gasteiger partial charge in [-0.2, -0.15) is 0 Å². The molecule has 3 atom stereocenters. The number of carbonyl (C=O) groups is 1. The standard InChI is InChI=1S/C14H17NO2.Na/c16-14(17)12-6-11-5-9-3-1-2-4-10(9)7-13(11)15-8-12;/h1-2,4,7,9,11-12,15H,3,5-6,8H2,(H,16,17);/q;+1/p-1. The second kappa shape index (κ2) is 5.64. The molecule has 1 aliphatic heterocycles. The van der Waals surface area contributed by atoms with Gasteiger partial charge in [0.1, 0.15) is 0 Å². The first-order valence-electron chi connectivity index (χ1n) is 6.27. The van der Waals surface area contributed by atoms with Crippen molar-refractivity contribution < 1.29 is 39.5 Å². The van der Waals surface area contributed by atoms with E-state index in [-0.39, 0.29) is 35.5 Å². The second-order valence-corrected chi connectivity index (χ2v) is 5.19. The summed E-state index contributed by atoms with van der Waals surface area (Å²) in [5, 5.41) is 14.2. The van der Waals surface area contributed by atoms with Crippen molar-refractivity contribution in [2.75, 3.05) is 6.54 Å². The van der Waals surface area contributed by atoms with Crippen LogP contribution in [-0.2, 0) is 4.79 Å². The predicted molar refractivity (Wildman–Crippen MR) is 62.6 cm³/mol. The Hall–Kier alpha value is -0.510. The van der Waals surface area contributed by atoms with Gasteiger partial charge in [-0.05, 0) is 42.7 Å². The summed E-state index contributed by atoms with van der Waals surface area (Å²) in [4.78, 5) is 10.9. The molecule has 0 bridgehead atoms. The summed E-state index contributed by atoms with van der Waals surface area (Å²) in [5.74, 6) is -0.292. The Kier molecular flexibility index (Phi) is 4.36. The first kappa shape index (κ1) is 13.9. The van der Waals surface area contributed by atoms with Gasteiger partial charge in [0.2, 0.25) is 0 Å². The summed E-state index contributed by atoms with van der Waals surface area (Å²) < 4.78 is 0. The van der Waals surface area contributed by atoms with E-state index < -0.39 is 5.97 Å². The van der Waals surface area contributed by atoms with Crippen molar-refractivity contribution in [2.45, 2.75) is 19.3 Å². The molecule has 1 fully saturated rings. The Bertz CT molecular complexity index is 439. The fourth-order valence-electron chi connectivity index (χ4n) is 3.13. The molecular formula is C14H16NNaO2. The number of hydrogen-bond acceptors (Lipinski definition) is 3. The molecule has 2 aliphatic carbocycles. The number of aliphatic carboxylic acids is 1. The summed E-state index contributed by atoms with van der Waals surface area (Å²) in [6.45, 7) is 0.512. The third kappa shape index (κ3) is 2.58. The fourth-order valence-corrected chi connectivity index (χ4v) is 3.13. The van der Waals surface area contributed by atoms with Crippen LogP contribution in [0.4, 0.5) is 0 Å². The largest absolute Gasteiger partial charge is 1.00 e. The molecule has 0 amide bonds. The summed E-state index contributed by atoms with van der Waals surface area (Å²) in [6, 6.07) is 0. The maximum atomic E-state index is 10.9. The van der Waals surface area contributed by atoms with Crippen LogP contribution in [-0.4, -0.2) is 12.5 Å². The van der Waals surface area contributed by atoms with Crippen LogP contribution in [0.1, 0.15) is 19.3 Å². The molecule has 1 N–H and O–H groups in total. The Morgan fingerprint density at radius 2 is 2.17 bits per heavy atom. The summed E-state index contributed by atoms with van der Waals surface area (Å²) in [7, 11) is 0. The zero-order valence-electron chi connectivity index (χ0n) is 10.7. The smallest absolute Gasteiger partial charge is 0.550 e. The van der Waals surface area contributed by atoms with Gasteiger partial charge in [0.15, 0.2) is 0 Å². The Labute approximate surface area is 129 Å². The molecule has 18 heavy (non-hydrogen) atoms. The molecule has 3 rings (SSSR count). The molecule has 0 aromatic heterocycles. The first-order chi connectivity index (χ1) is 8.24. The summed E-state index contributed by atoms with van der Waals surface area (Å²) in [6.07, 6.45) is 11.6. The van der Waals surface area contributed by atoms with Crippen molar-refractivity contribution in [3.05, 3.63) is 35.6 Å². The van der Waals surface area contributed by atoms with Gasteiger partial charge < -0.3 is 15.2 Å². The van der Waals surface area contributed by atoms with Gasteiger partial charge in [-0.15, -0.1) is 0 Å². The number of carboxylic acids is 1. The number of carboxylic acid groups (broad SMARTS) is 1. The van der Waals surface area contributed by atoms with E-state index in [1.807, 2.05) is 0 Å². The predicted octanol–water partition coefficient (Wildman–Crippen LogP) is -2.24. The van der Waals surface area contributed by atoms with E-state index in [4.69, 9.17) is 0 Å². The van der Waals surface area contributed by atoms with E-state index in [0.717, 1.165) is 19.3 Å². The molecule has 90 valence electrons. The molecule has 0 aromatic carbocycles. The monoisotopic (exact) mass is 253 g/mol. The quantitative estimate of drug-likeness (QED) is 0.537. The number of piperidine rings is 1. The Morgan fingerprint density at radius 1 is 1.33 bits per heavy atom. The SMILES string of the molecule is O=C([O-])C1CNC2=CC3=CC=CCC3CC2C1.[Na+]. The molecule has 1 heterocycles. The average molecular weight is 253 g/mol. The normalized spacial score (nSPS) is 33.0. The molecular weight excluding hydrogens is 237 g/mol. The summed E-state index contributed by atoms with van der Waals surface area (Å²) in [5.41, 5.74) is 2.61. The minimum Gasteiger partial charge on any atom is -0.550 e. The van der Waals surface area contributed by atoms with Crippen molar-refractivity contribution in [2.24, 2.45) is 17.8 Å². The maximum Gasteiger partial charge on any atom is 1.00 e. The van der Waals surface area contributed by atoms with Crippen LogP contribution in [0.15, 0.2) is 35.6 Å². The molecule has 3 unspecified atom stereocenters. The zero-order chi connectivity index (χ0) is 11.8. The number of nitrogens with one attached hydrogen (secondary N) is 1. The van der Waals surface area contributed by atoms with Crippen molar-refractivity contribution in [1.29, 1.82) is 0 Å². The van der Waals surface area contributed by atoms with Crippen LogP contribution in [0.25, 0.3) is 0 Å². The van der Waals surface area contributed by atoms with E-state index in [9.17, 15) is 9.90 Å². The van der Waals surface area contributed by atoms with Crippen LogP contribution in [0.2, 0.25) is 0 Å². The molecule has 3 nitrogen and oxygen atoms in total. The summed E-state index contributed by atoms with van der Waals surface area (Å²) >= 11 is 0. The minimum absolute atomic E-state index is 0. The molecule has 3 aliphatic rings. The van der Waals surface area contributed by atoms with Gasteiger partial charge in [-0.1, -0.05) is 18.2 Å². The van der Waals surface area contributed by atoms with Crippen LogP contribution in [0, 0.1) is 17.8 Å². The van der Waals surface area contributed by atoms with Crippen molar-refractivity contribution >= 4 is 5.97 Å². The first-order valence-corrected chi connectivity index (χ1v) is 6.27. The van der Waals surface area contributed by atoms with Gasteiger partial charge in [-0.3, -0.25) is 0 Å². The van der Waals surface area contributed by atoms with E-state index in [1.54, 1.807) is 0 Å². The number of hydrogen-bond donors (Lipinski definition) is 1. The number of carbonyl (C=O) groups excluding carboxylic acids is 1. The average Bonchev–Trinajstić information content (AvgIpc) is 2.35. The maximum absolute atomic E-state index is 10.9. The van der Waals surface area contributed by atoms with E-state index in [2.05, 4.69) is 29.6 Å². The Balaban J connectivity index is 0.00000120. The van der Waals surface area contributed by atoms with E-state index >= 15 is 0 Å². The van der Waals surface area contributed by atoms with Gasteiger partial charge in [-0.25, -0.2) is 0 Å².